The highest BCUT2D eigenvalue weighted by Crippen LogP contribution is 2.32. The van der Waals surface area contributed by atoms with Crippen LogP contribution in [0.5, 0.6) is 0 Å². The van der Waals surface area contributed by atoms with Gasteiger partial charge in [0.25, 0.3) is 0 Å². The maximum atomic E-state index is 5.25. The Kier molecular flexibility index (Phi) is 2.42. The van der Waals surface area contributed by atoms with Gasteiger partial charge >= 0.3 is 0 Å². The number of thioether (sulfide) groups is 1. The number of rotatable bonds is 1. The second kappa shape index (κ2) is 2.93. The lowest BCUT2D eigenvalue weighted by Crippen LogP contribution is -2.29. The molecule has 0 spiro atoms. The summed E-state index contributed by atoms with van der Waals surface area (Å²) in [7, 11) is 0. The Bertz CT molecular complexity index is 86.9. The van der Waals surface area contributed by atoms with E-state index < -0.39 is 0 Å². The normalized spacial score (nSPS) is 26.0. The van der Waals surface area contributed by atoms with Gasteiger partial charge in [0, 0.05) is 18.0 Å². The van der Waals surface area contributed by atoms with Crippen LogP contribution in [0, 0.1) is 0 Å². The van der Waals surface area contributed by atoms with Crippen LogP contribution in [0.15, 0.2) is 0 Å². The molecular weight excluding hydrogens is 132 g/mol. The highest BCUT2D eigenvalue weighted by molar-refractivity contribution is 7.99. The first kappa shape index (κ1) is 7.42. The van der Waals surface area contributed by atoms with Crippen molar-refractivity contribution in [1.29, 1.82) is 0 Å². The summed E-state index contributed by atoms with van der Waals surface area (Å²) in [4.78, 5) is 0. The lowest BCUT2D eigenvalue weighted by molar-refractivity contribution is 0.0816. The molecule has 0 aliphatic carbocycles. The van der Waals surface area contributed by atoms with E-state index in [0.717, 1.165) is 13.2 Å². The highest BCUT2D eigenvalue weighted by Gasteiger charge is 2.25. The maximum Gasteiger partial charge on any atom is 0.0479 e. The van der Waals surface area contributed by atoms with Crippen molar-refractivity contribution in [3.8, 4) is 0 Å². The molecule has 0 aromatic heterocycles. The van der Waals surface area contributed by atoms with Crippen LogP contribution in [-0.4, -0.2) is 24.2 Å². The molecule has 0 bridgehead atoms. The van der Waals surface area contributed by atoms with Crippen LogP contribution in [0.2, 0.25) is 0 Å². The Balaban J connectivity index is 2.37. The molecule has 0 aromatic carbocycles. The zero-order valence-corrected chi connectivity index (χ0v) is 6.96. The molecule has 0 aromatic rings. The summed E-state index contributed by atoms with van der Waals surface area (Å²) in [5.74, 6) is 0. The smallest absolute Gasteiger partial charge is 0.0479 e. The monoisotopic (exact) mass is 146 g/mol. The van der Waals surface area contributed by atoms with Gasteiger partial charge in [0.2, 0.25) is 0 Å². The molecule has 1 aliphatic rings. The van der Waals surface area contributed by atoms with Gasteiger partial charge in [0.1, 0.15) is 0 Å². The molecule has 0 radical (unpaired) electrons. The van der Waals surface area contributed by atoms with E-state index in [1.165, 1.54) is 12.8 Å². The van der Waals surface area contributed by atoms with Gasteiger partial charge < -0.3 is 4.74 Å². The van der Waals surface area contributed by atoms with E-state index in [1.807, 2.05) is 11.8 Å². The lowest BCUT2D eigenvalue weighted by Gasteiger charge is -2.31. The minimum absolute atomic E-state index is 0.512. The minimum Gasteiger partial charge on any atom is -0.381 e. The third kappa shape index (κ3) is 1.87. The van der Waals surface area contributed by atoms with E-state index in [1.54, 1.807) is 0 Å². The summed E-state index contributed by atoms with van der Waals surface area (Å²) >= 11 is 1.97. The molecule has 1 nitrogen and oxygen atoms in total. The maximum absolute atomic E-state index is 5.25. The van der Waals surface area contributed by atoms with Gasteiger partial charge in [-0.3, -0.25) is 0 Å². The fourth-order valence-electron chi connectivity index (χ4n) is 1.01. The molecule has 0 unspecified atom stereocenters. The quantitative estimate of drug-likeness (QED) is 0.559. The molecule has 2 heteroatoms. The van der Waals surface area contributed by atoms with Crippen LogP contribution in [0.25, 0.3) is 0 Å². The van der Waals surface area contributed by atoms with Gasteiger partial charge in [-0.15, -0.1) is 0 Å². The lowest BCUT2D eigenvalue weighted by atomic mass is 10.0. The molecule has 0 saturated carbocycles. The number of hydrogen-bond donors (Lipinski definition) is 0. The molecular formula is C7H14OS. The molecule has 1 aliphatic heterocycles. The fraction of sp³-hybridized carbons (Fsp3) is 1.00. The Labute approximate surface area is 61.2 Å². The van der Waals surface area contributed by atoms with E-state index >= 15 is 0 Å². The second-order valence-electron chi connectivity index (χ2n) is 2.77. The van der Waals surface area contributed by atoms with Gasteiger partial charge in [-0.1, -0.05) is 6.92 Å². The molecule has 1 saturated heterocycles. The Morgan fingerprint density at radius 3 is 2.22 bits per heavy atom. The van der Waals surface area contributed by atoms with Gasteiger partial charge in [-0.05, 0) is 19.1 Å². The second-order valence-corrected chi connectivity index (χ2v) is 4.16. The third-order valence-electron chi connectivity index (χ3n) is 2.04. The SMILES string of the molecule is CSC1(C)CCOCC1. The van der Waals surface area contributed by atoms with Crippen LogP contribution >= 0.6 is 11.8 Å². The molecule has 0 amide bonds. The van der Waals surface area contributed by atoms with Gasteiger partial charge in [0.15, 0.2) is 0 Å². The zero-order valence-electron chi connectivity index (χ0n) is 6.14. The van der Waals surface area contributed by atoms with E-state index in [9.17, 15) is 0 Å². The first-order chi connectivity index (χ1) is 4.27. The first-order valence-electron chi connectivity index (χ1n) is 3.40. The van der Waals surface area contributed by atoms with Gasteiger partial charge in [-0.25, -0.2) is 0 Å². The predicted molar refractivity (Wildman–Crippen MR) is 42.0 cm³/mol. The van der Waals surface area contributed by atoms with Crippen LogP contribution in [0.3, 0.4) is 0 Å². The van der Waals surface area contributed by atoms with E-state index in [4.69, 9.17) is 4.74 Å². The molecule has 54 valence electrons. The van der Waals surface area contributed by atoms with Crippen molar-refractivity contribution in [2.24, 2.45) is 0 Å². The van der Waals surface area contributed by atoms with E-state index in [0.29, 0.717) is 4.75 Å². The molecule has 1 heterocycles. The standard InChI is InChI=1S/C7H14OS/c1-7(9-2)3-5-8-6-4-7/h3-6H2,1-2H3. The Morgan fingerprint density at radius 1 is 1.33 bits per heavy atom. The van der Waals surface area contributed by atoms with Crippen LogP contribution in [0.4, 0.5) is 0 Å². The average Bonchev–Trinajstić information content (AvgIpc) is 1.90. The van der Waals surface area contributed by atoms with Crippen molar-refractivity contribution in [2.75, 3.05) is 19.5 Å². The van der Waals surface area contributed by atoms with Crippen molar-refractivity contribution in [3.63, 3.8) is 0 Å². The van der Waals surface area contributed by atoms with Crippen molar-refractivity contribution < 1.29 is 4.74 Å². The third-order valence-corrected chi connectivity index (χ3v) is 3.44. The number of ether oxygens (including phenoxy) is 1. The Morgan fingerprint density at radius 2 is 1.89 bits per heavy atom. The van der Waals surface area contributed by atoms with Crippen molar-refractivity contribution in [3.05, 3.63) is 0 Å². The summed E-state index contributed by atoms with van der Waals surface area (Å²) in [5.41, 5.74) is 0. The highest BCUT2D eigenvalue weighted by atomic mass is 32.2. The summed E-state index contributed by atoms with van der Waals surface area (Å²) in [6.07, 6.45) is 4.62. The van der Waals surface area contributed by atoms with Crippen molar-refractivity contribution in [2.45, 2.75) is 24.5 Å². The van der Waals surface area contributed by atoms with Gasteiger partial charge in [-0.2, -0.15) is 11.8 Å². The van der Waals surface area contributed by atoms with E-state index in [2.05, 4.69) is 13.2 Å². The predicted octanol–water partition coefficient (Wildman–Crippen LogP) is 1.92. The summed E-state index contributed by atoms with van der Waals surface area (Å²) in [5, 5.41) is 0. The minimum atomic E-state index is 0.512. The molecule has 1 fully saturated rings. The van der Waals surface area contributed by atoms with Crippen LogP contribution in [0.1, 0.15) is 19.8 Å². The molecule has 9 heavy (non-hydrogen) atoms. The number of hydrogen-bond acceptors (Lipinski definition) is 2. The Hall–Kier alpha value is 0.310. The zero-order chi connectivity index (χ0) is 6.74. The fourth-order valence-corrected chi connectivity index (χ4v) is 1.58. The summed E-state index contributed by atoms with van der Waals surface area (Å²) in [6, 6.07) is 0. The van der Waals surface area contributed by atoms with Gasteiger partial charge in [0.05, 0.1) is 0 Å². The molecule has 0 atom stereocenters. The first-order valence-corrected chi connectivity index (χ1v) is 4.62. The summed E-state index contributed by atoms with van der Waals surface area (Å²) < 4.78 is 5.77. The van der Waals surface area contributed by atoms with Crippen molar-refractivity contribution in [1.82, 2.24) is 0 Å². The largest absolute Gasteiger partial charge is 0.381 e. The van der Waals surface area contributed by atoms with E-state index in [-0.39, 0.29) is 0 Å². The van der Waals surface area contributed by atoms with Crippen LogP contribution in [-0.2, 0) is 4.74 Å². The summed E-state index contributed by atoms with van der Waals surface area (Å²) in [6.45, 7) is 4.23. The van der Waals surface area contributed by atoms with Crippen LogP contribution < -0.4 is 0 Å². The average molecular weight is 146 g/mol. The topological polar surface area (TPSA) is 9.23 Å². The molecule has 1 rings (SSSR count). The molecule has 0 N–H and O–H groups in total. The van der Waals surface area contributed by atoms with Crippen molar-refractivity contribution >= 4 is 11.8 Å².